The fourth-order valence-electron chi connectivity index (χ4n) is 0.385. The quantitative estimate of drug-likeness (QED) is 0.591. The molecule has 0 aliphatic carbocycles. The molecule has 1 rings (SSSR count). The standard InChI is InChI=1S/C6H6.C2H6.CH4.CH3.Y.H2/c1-2-4-6-5-3-1;1-2;;;;/h1-6H;1-2H3;1H4;1H3;;1H/q;;;-1;;/i;;;;;1+1. The molecule has 0 fully saturated rings. The van der Waals surface area contributed by atoms with Gasteiger partial charge < -0.3 is 7.43 Å². The Hall–Kier alpha value is 0.324. The van der Waals surface area contributed by atoms with Crippen LogP contribution in [-0.4, -0.2) is 0 Å². The van der Waals surface area contributed by atoms with Gasteiger partial charge in [-0.25, -0.2) is 0 Å². The van der Waals surface area contributed by atoms with E-state index in [2.05, 4.69) is 0 Å². The SMILES string of the molecule is C.CC.[2HH].[CH3-].[Y].c1ccccc1. The summed E-state index contributed by atoms with van der Waals surface area (Å²) in [6, 6.07) is 12.0. The first kappa shape index (κ1) is 22.5. The Balaban J connectivity index is -0.0000000257. The van der Waals surface area contributed by atoms with E-state index < -0.39 is 0 Å². The van der Waals surface area contributed by atoms with E-state index in [0.29, 0.717) is 0 Å². The molecule has 0 N–H and O–H groups in total. The van der Waals surface area contributed by atoms with Gasteiger partial charge in [0, 0.05) is 34.1 Å². The molecule has 0 unspecified atom stereocenters. The summed E-state index contributed by atoms with van der Waals surface area (Å²) in [6.07, 6.45) is 0. The largest absolute Gasteiger partial charge is 0.358 e. The second-order valence-electron chi connectivity index (χ2n) is 1.15. The van der Waals surface area contributed by atoms with Crippen molar-refractivity contribution in [2.24, 2.45) is 0 Å². The summed E-state index contributed by atoms with van der Waals surface area (Å²) >= 11 is 0. The molecule has 0 saturated carbocycles. The molecule has 0 saturated heterocycles. The monoisotopic (exact) mass is 231 g/mol. The maximum atomic E-state index is 2.00. The number of hydrogen-bond acceptors (Lipinski definition) is 0. The Morgan fingerprint density at radius 1 is 0.727 bits per heavy atom. The zero-order valence-electron chi connectivity index (χ0n) is 7.04. The first-order chi connectivity index (χ1) is 4.00. The molecule has 0 aliphatic heterocycles. The van der Waals surface area contributed by atoms with E-state index >= 15 is 0 Å². The molecular weight excluding hydrogens is 209 g/mol. The average Bonchev–Trinajstić information content (AvgIpc) is 1.96. The Morgan fingerprint density at radius 3 is 0.909 bits per heavy atom. The first-order valence-electron chi connectivity index (χ1n) is 3.00. The van der Waals surface area contributed by atoms with Gasteiger partial charge >= 0.3 is 0 Å². The van der Waals surface area contributed by atoms with Crippen molar-refractivity contribution in [1.29, 1.82) is 0 Å². The van der Waals surface area contributed by atoms with Crippen LogP contribution in [0.2, 0.25) is 0 Å². The molecule has 0 aliphatic rings. The van der Waals surface area contributed by atoms with Crippen LogP contribution in [0.15, 0.2) is 36.4 Å². The second-order valence-corrected chi connectivity index (χ2v) is 1.15. The van der Waals surface area contributed by atoms with Gasteiger partial charge in [0.2, 0.25) is 0 Å². The molecule has 0 heterocycles. The zero-order chi connectivity index (χ0) is 6.24. The Morgan fingerprint density at radius 2 is 0.818 bits per heavy atom. The third-order valence-electron chi connectivity index (χ3n) is 0.667. The zero-order valence-corrected chi connectivity index (χ0v) is 9.88. The molecule has 0 bridgehead atoms. The summed E-state index contributed by atoms with van der Waals surface area (Å²) in [4.78, 5) is 0. The van der Waals surface area contributed by atoms with E-state index in [1.807, 2.05) is 50.2 Å². The molecule has 0 amide bonds. The van der Waals surface area contributed by atoms with Crippen LogP contribution in [-0.2, 0) is 32.7 Å². The van der Waals surface area contributed by atoms with Gasteiger partial charge in [-0.05, 0) is 0 Å². The predicted molar refractivity (Wildman–Crippen MR) is 53.0 cm³/mol. The van der Waals surface area contributed by atoms with Gasteiger partial charge in [0.25, 0.3) is 0 Å². The van der Waals surface area contributed by atoms with Crippen LogP contribution in [0.3, 0.4) is 0 Å². The van der Waals surface area contributed by atoms with Crippen molar-refractivity contribution in [2.45, 2.75) is 21.3 Å². The number of hydrogen-bond donors (Lipinski definition) is 0. The van der Waals surface area contributed by atoms with Crippen LogP contribution in [0.4, 0.5) is 0 Å². The van der Waals surface area contributed by atoms with E-state index in [1.165, 1.54) is 0 Å². The molecule has 11 heavy (non-hydrogen) atoms. The summed E-state index contributed by atoms with van der Waals surface area (Å²) < 4.78 is 0. The van der Waals surface area contributed by atoms with Gasteiger partial charge in [-0.2, -0.15) is 0 Å². The minimum absolute atomic E-state index is 0. The molecule has 1 aromatic rings. The number of benzene rings is 1. The average molecular weight is 231 g/mol. The summed E-state index contributed by atoms with van der Waals surface area (Å²) in [5.41, 5.74) is 0. The minimum atomic E-state index is 0. The molecule has 0 atom stereocenters. The summed E-state index contributed by atoms with van der Waals surface area (Å²) in [6.45, 7) is 4.00. The van der Waals surface area contributed by atoms with Gasteiger partial charge in [0.05, 0.1) is 0 Å². The maximum absolute atomic E-state index is 2.00. The molecule has 0 spiro atoms. The number of rotatable bonds is 0. The van der Waals surface area contributed by atoms with Crippen molar-refractivity contribution >= 4 is 0 Å². The van der Waals surface area contributed by atoms with Crippen molar-refractivity contribution in [3.63, 3.8) is 0 Å². The van der Waals surface area contributed by atoms with Crippen LogP contribution >= 0.6 is 0 Å². The van der Waals surface area contributed by atoms with Crippen molar-refractivity contribution < 1.29 is 34.1 Å². The van der Waals surface area contributed by atoms with Crippen LogP contribution in [0.5, 0.6) is 0 Å². The Kier molecular flexibility index (Phi) is 45.9. The van der Waals surface area contributed by atoms with Gasteiger partial charge in [-0.1, -0.05) is 57.7 Å². The topological polar surface area (TPSA) is 0 Å². The summed E-state index contributed by atoms with van der Waals surface area (Å²) in [5.74, 6) is 0. The van der Waals surface area contributed by atoms with Gasteiger partial charge in [-0.3, -0.25) is 0 Å². The van der Waals surface area contributed by atoms with E-state index in [-0.39, 0.29) is 49.0 Å². The smallest absolute Gasteiger partial charge is 0 e. The van der Waals surface area contributed by atoms with Crippen molar-refractivity contribution in [3.05, 3.63) is 43.8 Å². The van der Waals surface area contributed by atoms with Gasteiger partial charge in [-0.15, -0.1) is 0 Å². The van der Waals surface area contributed by atoms with Crippen molar-refractivity contribution in [3.8, 4) is 0 Å². The van der Waals surface area contributed by atoms with Crippen molar-refractivity contribution in [2.75, 3.05) is 0 Å². The Bertz CT molecular complexity index is 81.8. The summed E-state index contributed by atoms with van der Waals surface area (Å²) in [5, 5.41) is 0. The van der Waals surface area contributed by atoms with Gasteiger partial charge in [0.1, 0.15) is 0 Å². The van der Waals surface area contributed by atoms with Crippen LogP contribution < -0.4 is 0 Å². The molecule has 1 aromatic carbocycles. The molecule has 1 radical (unpaired) electrons. The third kappa shape index (κ3) is 17.9. The molecular formula is C10H21Y-. The predicted octanol–water partition coefficient (Wildman–Crippen LogP) is 4.04. The van der Waals surface area contributed by atoms with E-state index in [1.54, 1.807) is 0 Å². The fraction of sp³-hybridized carbons (Fsp3) is 0.300. The third-order valence-corrected chi connectivity index (χ3v) is 0.667. The summed E-state index contributed by atoms with van der Waals surface area (Å²) in [7, 11) is 0. The maximum Gasteiger partial charge on any atom is 0 e. The molecule has 0 aromatic heterocycles. The Labute approximate surface area is 98.8 Å². The van der Waals surface area contributed by atoms with E-state index in [9.17, 15) is 0 Å². The van der Waals surface area contributed by atoms with Crippen molar-refractivity contribution in [1.82, 2.24) is 0 Å². The minimum Gasteiger partial charge on any atom is -0.358 e. The fourth-order valence-corrected chi connectivity index (χ4v) is 0.385. The first-order valence-corrected chi connectivity index (χ1v) is 3.00. The van der Waals surface area contributed by atoms with Gasteiger partial charge in [0.15, 0.2) is 0 Å². The van der Waals surface area contributed by atoms with Crippen LogP contribution in [0.1, 0.15) is 22.7 Å². The van der Waals surface area contributed by atoms with Crippen LogP contribution in [0, 0.1) is 7.43 Å². The molecule has 65 valence electrons. The molecule has 1 heteroatoms. The van der Waals surface area contributed by atoms with E-state index in [0.717, 1.165) is 0 Å². The second kappa shape index (κ2) is 22.4. The van der Waals surface area contributed by atoms with Crippen LogP contribution in [0.25, 0.3) is 0 Å². The van der Waals surface area contributed by atoms with E-state index in [4.69, 9.17) is 0 Å². The normalized spacial score (nSPS) is 4.91. The molecule has 0 nitrogen and oxygen atoms in total.